The van der Waals surface area contributed by atoms with Crippen LogP contribution in [0.25, 0.3) is 21.9 Å². The second-order valence-corrected chi connectivity index (χ2v) is 11.0. The molecule has 3 aliphatic rings. The molecule has 0 bridgehead atoms. The lowest BCUT2D eigenvalue weighted by molar-refractivity contribution is -0.131. The minimum atomic E-state index is -0.988. The van der Waals surface area contributed by atoms with Crippen molar-refractivity contribution in [3.8, 4) is 11.1 Å². The van der Waals surface area contributed by atoms with Crippen molar-refractivity contribution in [3.63, 3.8) is 0 Å². The fourth-order valence-electron chi connectivity index (χ4n) is 5.49. The maximum Gasteiger partial charge on any atom is 0.255 e. The second-order valence-electron chi connectivity index (χ2n) is 11.0. The van der Waals surface area contributed by atoms with E-state index in [0.717, 1.165) is 24.6 Å². The molecule has 3 aromatic rings. The average molecular weight is 502 g/mol. The quantitative estimate of drug-likeness (QED) is 0.469. The van der Waals surface area contributed by atoms with Crippen molar-refractivity contribution >= 4 is 28.4 Å². The number of nitrogens with zero attached hydrogens (tertiary/aromatic N) is 3. The Morgan fingerprint density at radius 1 is 1.00 bits per heavy atom. The zero-order valence-corrected chi connectivity index (χ0v) is 21.0. The number of fused-ring (bicyclic) bond motifs is 1. The Kier molecular flexibility index (Phi) is 5.62. The first kappa shape index (κ1) is 23.8. The summed E-state index contributed by atoms with van der Waals surface area (Å²) in [4.78, 5) is 33.9. The van der Waals surface area contributed by atoms with Crippen LogP contribution in [-0.4, -0.2) is 52.6 Å². The Balaban J connectivity index is 1.27. The van der Waals surface area contributed by atoms with Crippen LogP contribution in [0.2, 0.25) is 0 Å². The Morgan fingerprint density at radius 2 is 1.76 bits per heavy atom. The van der Waals surface area contributed by atoms with Crippen molar-refractivity contribution in [1.29, 1.82) is 0 Å². The van der Waals surface area contributed by atoms with Gasteiger partial charge in [-0.2, -0.15) is 0 Å². The van der Waals surface area contributed by atoms with Crippen molar-refractivity contribution in [2.75, 3.05) is 19.6 Å². The first-order valence-corrected chi connectivity index (χ1v) is 12.9. The van der Waals surface area contributed by atoms with Crippen LogP contribution in [0, 0.1) is 23.5 Å². The van der Waals surface area contributed by atoms with E-state index in [9.17, 15) is 14.0 Å². The zero-order valence-electron chi connectivity index (χ0n) is 21.0. The molecule has 2 aliphatic heterocycles. The number of amides is 2. The van der Waals surface area contributed by atoms with Gasteiger partial charge in [0.1, 0.15) is 23.0 Å². The van der Waals surface area contributed by atoms with Crippen molar-refractivity contribution in [2.45, 2.75) is 38.6 Å². The molecule has 190 valence electrons. The highest BCUT2D eigenvalue weighted by atomic mass is 19.1. The smallest absolute Gasteiger partial charge is 0.255 e. The number of likely N-dealkylation sites (tertiary alicyclic amines) is 1. The molecule has 5 nitrogen and oxygen atoms in total. The van der Waals surface area contributed by atoms with Gasteiger partial charge < -0.3 is 4.90 Å². The van der Waals surface area contributed by atoms with Crippen molar-refractivity contribution in [2.24, 2.45) is 16.8 Å². The lowest BCUT2D eigenvalue weighted by Crippen LogP contribution is -2.43. The molecule has 37 heavy (non-hydrogen) atoms. The maximum atomic E-state index is 15.6. The van der Waals surface area contributed by atoms with Crippen LogP contribution in [0.5, 0.6) is 0 Å². The Labute approximate surface area is 214 Å². The van der Waals surface area contributed by atoms with Gasteiger partial charge in [0.15, 0.2) is 0 Å². The SMILES string of the molecule is CC1(C)N=C(c2ccc(-c3ccc4cccc(F)c4c3)cc2F)N(CC2CCN(C(=O)C3CC3)C2)C1=O. The lowest BCUT2D eigenvalue weighted by atomic mass is 9.99. The molecular weight excluding hydrogens is 472 g/mol. The minimum Gasteiger partial charge on any atom is -0.342 e. The lowest BCUT2D eigenvalue weighted by Gasteiger charge is -2.25. The van der Waals surface area contributed by atoms with Gasteiger partial charge in [-0.1, -0.05) is 30.3 Å². The standard InChI is InChI=1S/C30H29F2N3O2/c1-30(2)29(37)35(17-18-12-13-34(16-18)28(36)20-7-8-20)27(33-30)23-11-10-22(15-26(23)32)21-9-6-19-4-3-5-25(31)24(19)14-21/h3-6,9-11,14-15,18,20H,7-8,12-13,16-17H2,1-2H3. The number of hydrogen-bond donors (Lipinski definition) is 0. The van der Waals surface area contributed by atoms with Gasteiger partial charge in [0.05, 0.1) is 5.56 Å². The van der Waals surface area contributed by atoms with E-state index in [-0.39, 0.29) is 35.0 Å². The number of rotatable bonds is 5. The van der Waals surface area contributed by atoms with Gasteiger partial charge in [-0.3, -0.25) is 19.5 Å². The van der Waals surface area contributed by atoms with Crippen LogP contribution in [0.4, 0.5) is 8.78 Å². The summed E-state index contributed by atoms with van der Waals surface area (Å²) in [7, 11) is 0. The summed E-state index contributed by atoms with van der Waals surface area (Å²) in [6.07, 6.45) is 2.76. The fourth-order valence-corrected chi connectivity index (χ4v) is 5.49. The van der Waals surface area contributed by atoms with E-state index in [1.54, 1.807) is 43.0 Å². The van der Waals surface area contributed by atoms with Crippen LogP contribution in [0.3, 0.4) is 0 Å². The number of halogens is 2. The summed E-state index contributed by atoms with van der Waals surface area (Å²) in [5.74, 6) is -0.122. The Bertz CT molecular complexity index is 1460. The van der Waals surface area contributed by atoms with Gasteiger partial charge in [0.2, 0.25) is 5.91 Å². The number of carbonyl (C=O) groups excluding carboxylic acids is 2. The molecule has 7 heteroatoms. The van der Waals surface area contributed by atoms with Crippen molar-refractivity contribution in [3.05, 3.63) is 71.8 Å². The number of hydrogen-bond acceptors (Lipinski definition) is 3. The molecule has 0 aromatic heterocycles. The normalized spacial score (nSPS) is 21.1. The zero-order chi connectivity index (χ0) is 25.9. The van der Waals surface area contributed by atoms with Crippen LogP contribution in [0.1, 0.15) is 38.7 Å². The molecule has 1 saturated heterocycles. The third-order valence-corrected chi connectivity index (χ3v) is 7.75. The maximum absolute atomic E-state index is 15.6. The van der Waals surface area contributed by atoms with E-state index in [1.807, 2.05) is 23.1 Å². The van der Waals surface area contributed by atoms with Gasteiger partial charge in [-0.05, 0) is 79.8 Å². The van der Waals surface area contributed by atoms with Crippen LogP contribution < -0.4 is 0 Å². The van der Waals surface area contributed by atoms with Crippen LogP contribution in [-0.2, 0) is 9.59 Å². The van der Waals surface area contributed by atoms with E-state index in [2.05, 4.69) is 4.99 Å². The molecule has 6 rings (SSSR count). The Morgan fingerprint density at radius 3 is 2.51 bits per heavy atom. The number of carbonyl (C=O) groups is 2. The molecule has 2 heterocycles. The van der Waals surface area contributed by atoms with Gasteiger partial charge in [-0.25, -0.2) is 8.78 Å². The highest BCUT2D eigenvalue weighted by Crippen LogP contribution is 2.35. The molecule has 0 radical (unpaired) electrons. The first-order valence-electron chi connectivity index (χ1n) is 12.9. The van der Waals surface area contributed by atoms with Crippen molar-refractivity contribution < 1.29 is 18.4 Å². The number of aliphatic imine (C=N–C) groups is 1. The molecule has 3 aromatic carbocycles. The van der Waals surface area contributed by atoms with Gasteiger partial charge in [-0.15, -0.1) is 0 Å². The summed E-state index contributed by atoms with van der Waals surface area (Å²) < 4.78 is 29.9. The summed E-state index contributed by atoms with van der Waals surface area (Å²) >= 11 is 0. The third kappa shape index (κ3) is 4.30. The van der Waals surface area contributed by atoms with Gasteiger partial charge >= 0.3 is 0 Å². The molecule has 1 saturated carbocycles. The third-order valence-electron chi connectivity index (χ3n) is 7.75. The molecule has 2 fully saturated rings. The molecule has 0 spiro atoms. The molecule has 1 atom stereocenters. The summed E-state index contributed by atoms with van der Waals surface area (Å²) in [5, 5.41) is 1.26. The second kappa shape index (κ2) is 8.75. The van der Waals surface area contributed by atoms with E-state index in [4.69, 9.17) is 0 Å². The molecule has 0 N–H and O–H groups in total. The first-order chi connectivity index (χ1) is 17.7. The van der Waals surface area contributed by atoms with Crippen LogP contribution >= 0.6 is 0 Å². The predicted molar refractivity (Wildman–Crippen MR) is 139 cm³/mol. The largest absolute Gasteiger partial charge is 0.342 e. The fraction of sp³-hybridized carbons (Fsp3) is 0.367. The highest BCUT2D eigenvalue weighted by Gasteiger charge is 2.44. The number of benzene rings is 3. The minimum absolute atomic E-state index is 0.126. The highest BCUT2D eigenvalue weighted by molar-refractivity contribution is 6.15. The van der Waals surface area contributed by atoms with Crippen LogP contribution in [0.15, 0.2) is 59.6 Å². The summed E-state index contributed by atoms with van der Waals surface area (Å²) in [6.45, 7) is 5.20. The van der Waals surface area contributed by atoms with E-state index < -0.39 is 11.4 Å². The van der Waals surface area contributed by atoms with Gasteiger partial charge in [0.25, 0.3) is 5.91 Å². The topological polar surface area (TPSA) is 53.0 Å². The molecule has 1 unspecified atom stereocenters. The summed E-state index contributed by atoms with van der Waals surface area (Å²) in [5.41, 5.74) is 0.597. The average Bonchev–Trinajstić information content (AvgIpc) is 3.58. The van der Waals surface area contributed by atoms with Gasteiger partial charge in [0, 0.05) is 30.9 Å². The Hall–Kier alpha value is -3.61. The monoisotopic (exact) mass is 501 g/mol. The predicted octanol–water partition coefficient (Wildman–Crippen LogP) is 5.41. The molecule has 1 aliphatic carbocycles. The molecular formula is C30H29F2N3O2. The summed E-state index contributed by atoms with van der Waals surface area (Å²) in [6, 6.07) is 15.1. The van der Waals surface area contributed by atoms with E-state index in [0.29, 0.717) is 42.0 Å². The van der Waals surface area contributed by atoms with Crippen molar-refractivity contribution in [1.82, 2.24) is 9.80 Å². The number of amidine groups is 1. The van der Waals surface area contributed by atoms with E-state index >= 15 is 4.39 Å². The molecule has 2 amide bonds. The van der Waals surface area contributed by atoms with E-state index in [1.165, 1.54) is 12.1 Å².